The van der Waals surface area contributed by atoms with Crippen LogP contribution in [0.1, 0.15) is 25.1 Å². The predicted molar refractivity (Wildman–Crippen MR) is 79.5 cm³/mol. The number of furan rings is 1. The molecule has 21 heavy (non-hydrogen) atoms. The fourth-order valence-electron chi connectivity index (χ4n) is 2.39. The van der Waals surface area contributed by atoms with Gasteiger partial charge in [-0.05, 0) is 43.3 Å². The van der Waals surface area contributed by atoms with Crippen molar-refractivity contribution in [1.82, 2.24) is 0 Å². The van der Waals surface area contributed by atoms with E-state index in [1.54, 1.807) is 18.4 Å². The van der Waals surface area contributed by atoms with E-state index >= 15 is 0 Å². The zero-order valence-corrected chi connectivity index (χ0v) is 12.2. The monoisotopic (exact) mass is 305 g/mol. The second kappa shape index (κ2) is 5.01. The van der Waals surface area contributed by atoms with Gasteiger partial charge in [-0.3, -0.25) is 5.01 Å². The zero-order valence-electron chi connectivity index (χ0n) is 11.4. The maximum absolute atomic E-state index is 11.3. The van der Waals surface area contributed by atoms with E-state index in [-0.39, 0.29) is 10.9 Å². The average molecular weight is 305 g/mol. The van der Waals surface area contributed by atoms with Gasteiger partial charge in [0, 0.05) is 12.1 Å². The molecule has 2 heterocycles. The molecule has 110 valence electrons. The molecule has 2 N–H and O–H groups in total. The number of anilines is 1. The first-order chi connectivity index (χ1) is 9.95. The van der Waals surface area contributed by atoms with Crippen LogP contribution in [0.2, 0.25) is 0 Å². The Labute approximate surface area is 122 Å². The third-order valence-corrected chi connectivity index (χ3v) is 4.29. The summed E-state index contributed by atoms with van der Waals surface area (Å²) in [4.78, 5) is 0.0840. The second-order valence-corrected chi connectivity index (χ2v) is 6.52. The van der Waals surface area contributed by atoms with Gasteiger partial charge in [0.15, 0.2) is 0 Å². The smallest absolute Gasteiger partial charge is 0.238 e. The molecule has 0 fully saturated rings. The first-order valence-corrected chi connectivity index (χ1v) is 7.99. The maximum atomic E-state index is 11.3. The Bertz CT molecular complexity index is 764. The van der Waals surface area contributed by atoms with Crippen molar-refractivity contribution in [3.05, 3.63) is 48.4 Å². The van der Waals surface area contributed by atoms with Gasteiger partial charge in [0.1, 0.15) is 11.8 Å². The van der Waals surface area contributed by atoms with E-state index in [0.29, 0.717) is 0 Å². The van der Waals surface area contributed by atoms with Gasteiger partial charge >= 0.3 is 0 Å². The van der Waals surface area contributed by atoms with Crippen LogP contribution >= 0.6 is 0 Å². The van der Waals surface area contributed by atoms with Crippen molar-refractivity contribution >= 4 is 21.4 Å². The lowest BCUT2D eigenvalue weighted by atomic mass is 10.1. The Kier molecular flexibility index (Phi) is 3.30. The van der Waals surface area contributed by atoms with Gasteiger partial charge in [0.2, 0.25) is 10.0 Å². The number of primary sulfonamides is 1. The third-order valence-electron chi connectivity index (χ3n) is 3.36. The van der Waals surface area contributed by atoms with Gasteiger partial charge in [-0.15, -0.1) is 0 Å². The highest BCUT2D eigenvalue weighted by molar-refractivity contribution is 7.89. The van der Waals surface area contributed by atoms with Gasteiger partial charge in [-0.2, -0.15) is 5.10 Å². The summed E-state index contributed by atoms with van der Waals surface area (Å²) in [7, 11) is -3.68. The van der Waals surface area contributed by atoms with Crippen molar-refractivity contribution in [3.8, 4) is 0 Å². The molecule has 0 aliphatic carbocycles. The molecular weight excluding hydrogens is 290 g/mol. The molecule has 1 aliphatic heterocycles. The minimum Gasteiger partial charge on any atom is -0.467 e. The van der Waals surface area contributed by atoms with E-state index < -0.39 is 10.0 Å². The summed E-state index contributed by atoms with van der Waals surface area (Å²) >= 11 is 0. The molecule has 1 aliphatic rings. The van der Waals surface area contributed by atoms with Crippen LogP contribution in [0, 0.1) is 0 Å². The highest BCUT2D eigenvalue weighted by Crippen LogP contribution is 2.35. The molecule has 1 aromatic carbocycles. The summed E-state index contributed by atoms with van der Waals surface area (Å²) in [5.41, 5.74) is 1.78. The first kappa shape index (κ1) is 13.8. The quantitative estimate of drug-likeness (QED) is 0.942. The molecule has 3 rings (SSSR count). The van der Waals surface area contributed by atoms with E-state index in [4.69, 9.17) is 9.56 Å². The van der Waals surface area contributed by atoms with Crippen LogP contribution in [0.3, 0.4) is 0 Å². The van der Waals surface area contributed by atoms with Gasteiger partial charge in [0.05, 0.1) is 16.8 Å². The number of nitrogens with zero attached hydrogens (tertiary/aromatic N) is 2. The van der Waals surface area contributed by atoms with Crippen LogP contribution < -0.4 is 10.1 Å². The molecule has 0 amide bonds. The summed E-state index contributed by atoms with van der Waals surface area (Å²) in [6, 6.07) is 10.1. The Balaban J connectivity index is 1.94. The van der Waals surface area contributed by atoms with Crippen molar-refractivity contribution in [2.75, 3.05) is 5.01 Å². The average Bonchev–Trinajstić information content (AvgIpc) is 3.06. The SMILES string of the molecule is CC1=NN(c2ccc(S(N)(=O)=O)cc2)[C@@H](c2ccco2)C1. The minimum atomic E-state index is -3.68. The summed E-state index contributed by atoms with van der Waals surface area (Å²) in [5.74, 6) is 0.825. The van der Waals surface area contributed by atoms with Crippen LogP contribution in [0.15, 0.2) is 57.1 Å². The van der Waals surface area contributed by atoms with Crippen LogP contribution in [0.25, 0.3) is 0 Å². The lowest BCUT2D eigenvalue weighted by Crippen LogP contribution is -2.18. The number of sulfonamides is 1. The molecule has 1 aromatic heterocycles. The highest BCUT2D eigenvalue weighted by atomic mass is 32.2. The Hall–Kier alpha value is -2.12. The van der Waals surface area contributed by atoms with Crippen molar-refractivity contribution in [1.29, 1.82) is 0 Å². The largest absolute Gasteiger partial charge is 0.467 e. The molecule has 1 atom stereocenters. The summed E-state index contributed by atoms with van der Waals surface area (Å²) < 4.78 is 28.0. The van der Waals surface area contributed by atoms with Crippen molar-refractivity contribution in [2.24, 2.45) is 10.2 Å². The minimum absolute atomic E-state index is 0.0136. The van der Waals surface area contributed by atoms with Gasteiger partial charge in [-0.25, -0.2) is 13.6 Å². The van der Waals surface area contributed by atoms with Crippen LogP contribution in [-0.4, -0.2) is 14.1 Å². The van der Waals surface area contributed by atoms with E-state index in [2.05, 4.69) is 5.10 Å². The lowest BCUT2D eigenvalue weighted by Gasteiger charge is -2.22. The molecule has 0 bridgehead atoms. The van der Waals surface area contributed by atoms with Crippen molar-refractivity contribution in [3.63, 3.8) is 0 Å². The van der Waals surface area contributed by atoms with E-state index in [1.807, 2.05) is 24.1 Å². The predicted octanol–water partition coefficient (Wildman–Crippen LogP) is 2.25. The number of hydrogen-bond acceptors (Lipinski definition) is 5. The Morgan fingerprint density at radius 2 is 2.00 bits per heavy atom. The molecule has 0 spiro atoms. The zero-order chi connectivity index (χ0) is 15.0. The molecule has 6 nitrogen and oxygen atoms in total. The first-order valence-electron chi connectivity index (χ1n) is 6.45. The maximum Gasteiger partial charge on any atom is 0.238 e. The number of nitrogens with two attached hydrogens (primary N) is 1. The Morgan fingerprint density at radius 1 is 1.29 bits per heavy atom. The highest BCUT2D eigenvalue weighted by Gasteiger charge is 2.29. The number of benzene rings is 1. The van der Waals surface area contributed by atoms with E-state index in [1.165, 1.54) is 12.1 Å². The summed E-state index contributed by atoms with van der Waals surface area (Å²) in [5, 5.41) is 11.4. The van der Waals surface area contributed by atoms with E-state index in [9.17, 15) is 8.42 Å². The van der Waals surface area contributed by atoms with Gasteiger partial charge in [0.25, 0.3) is 0 Å². The third kappa shape index (κ3) is 2.70. The number of rotatable bonds is 3. The van der Waals surface area contributed by atoms with Crippen molar-refractivity contribution in [2.45, 2.75) is 24.3 Å². The van der Waals surface area contributed by atoms with Crippen LogP contribution in [0.5, 0.6) is 0 Å². The lowest BCUT2D eigenvalue weighted by molar-refractivity contribution is 0.465. The normalized spacial score (nSPS) is 18.9. The molecule has 2 aromatic rings. The molecule has 0 radical (unpaired) electrons. The van der Waals surface area contributed by atoms with Crippen molar-refractivity contribution < 1.29 is 12.8 Å². The van der Waals surface area contributed by atoms with Crippen LogP contribution in [0.4, 0.5) is 5.69 Å². The van der Waals surface area contributed by atoms with Gasteiger partial charge in [-0.1, -0.05) is 0 Å². The number of hydrazone groups is 1. The Morgan fingerprint density at radius 3 is 2.57 bits per heavy atom. The summed E-state index contributed by atoms with van der Waals surface area (Å²) in [6.07, 6.45) is 2.40. The molecule has 0 unspecified atom stereocenters. The second-order valence-electron chi connectivity index (χ2n) is 4.95. The topological polar surface area (TPSA) is 88.9 Å². The number of hydrogen-bond donors (Lipinski definition) is 1. The standard InChI is InChI=1S/C14H15N3O3S/c1-10-9-13(14-3-2-8-20-14)17(16-10)11-4-6-12(7-5-11)21(15,18)19/h2-8,13H,9H2,1H3,(H2,15,18,19)/t13-/m1/s1. The van der Waals surface area contributed by atoms with Gasteiger partial charge < -0.3 is 4.42 Å². The fourth-order valence-corrected chi connectivity index (χ4v) is 2.90. The van der Waals surface area contributed by atoms with Crippen LogP contribution in [-0.2, 0) is 10.0 Å². The van der Waals surface area contributed by atoms with E-state index in [0.717, 1.165) is 23.6 Å². The molecule has 7 heteroatoms. The molecular formula is C14H15N3O3S. The fraction of sp³-hybridized carbons (Fsp3) is 0.214. The molecule has 0 saturated carbocycles. The molecule has 0 saturated heterocycles. The summed E-state index contributed by atoms with van der Waals surface area (Å²) in [6.45, 7) is 1.95.